The molecule has 4 rings (SSSR count). The average molecular weight is 1010 g/mol. The number of guanidine groups is 1. The van der Waals surface area contributed by atoms with Crippen LogP contribution in [-0.4, -0.2) is 147 Å². The highest BCUT2D eigenvalue weighted by molar-refractivity contribution is 8.76. The number of carbonyl (C=O) groups is 10. The minimum absolute atomic E-state index is 0.0370. The second kappa shape index (κ2) is 27.8. The molecule has 26 heteroatoms. The van der Waals surface area contributed by atoms with Gasteiger partial charge in [-0.3, -0.25) is 48.1 Å². The lowest BCUT2D eigenvalue weighted by atomic mass is 10.0. The molecule has 2 heterocycles. The molecule has 2 aromatic carbocycles. The summed E-state index contributed by atoms with van der Waals surface area (Å²) < 4.78 is 0. The molecule has 0 radical (unpaired) electrons. The van der Waals surface area contributed by atoms with E-state index in [9.17, 15) is 58.2 Å². The summed E-state index contributed by atoms with van der Waals surface area (Å²) in [5, 5.41) is 35.1. The number of primary amides is 2. The molecule has 0 spiro atoms. The molecule has 0 bridgehead atoms. The number of phenols is 1. The van der Waals surface area contributed by atoms with Gasteiger partial charge in [-0.2, -0.15) is 0 Å². The maximum absolute atomic E-state index is 14.4. The molecule has 7 atom stereocenters. The number of carboxylic acids is 1. The molecule has 0 aliphatic carbocycles. The predicted molar refractivity (Wildman–Crippen MR) is 258 cm³/mol. The van der Waals surface area contributed by atoms with Gasteiger partial charge in [-0.05, 0) is 55.4 Å². The van der Waals surface area contributed by atoms with Gasteiger partial charge < -0.3 is 69.9 Å². The number of rotatable bonds is 17. The van der Waals surface area contributed by atoms with Crippen molar-refractivity contribution in [3.8, 4) is 5.75 Å². The van der Waals surface area contributed by atoms with Crippen LogP contribution in [0.2, 0.25) is 0 Å². The smallest absolute Gasteiger partial charge is 0.326 e. The first-order chi connectivity index (χ1) is 33.3. The van der Waals surface area contributed by atoms with Crippen LogP contribution in [0.4, 0.5) is 0 Å². The number of carboxylic acid groups (broad SMARTS) is 1. The number of aliphatic carboxylic acids is 1. The number of carbonyl (C=O) groups excluding carboxylic acids is 9. The van der Waals surface area contributed by atoms with Gasteiger partial charge in [0.25, 0.3) is 0 Å². The van der Waals surface area contributed by atoms with Crippen molar-refractivity contribution in [1.82, 2.24) is 36.8 Å². The molecule has 2 aliphatic rings. The largest absolute Gasteiger partial charge is 0.508 e. The summed E-state index contributed by atoms with van der Waals surface area (Å²) in [6, 6.07) is 4.49. The zero-order chi connectivity index (χ0) is 51.3. The van der Waals surface area contributed by atoms with Crippen molar-refractivity contribution in [2.24, 2.45) is 27.9 Å². The summed E-state index contributed by atoms with van der Waals surface area (Å²) in [7, 11) is 2.20. The molecule has 24 nitrogen and oxygen atoms in total. The molecule has 2 saturated heterocycles. The monoisotopic (exact) mass is 1010 g/mol. The van der Waals surface area contributed by atoms with Gasteiger partial charge >= 0.3 is 5.97 Å². The average Bonchev–Trinajstić information content (AvgIpc) is 3.80. The Hall–Kier alpha value is -7.09. The van der Waals surface area contributed by atoms with Crippen molar-refractivity contribution >= 4 is 86.7 Å². The van der Waals surface area contributed by atoms with Crippen LogP contribution in [0.15, 0.2) is 59.6 Å². The SMILES string of the molecule is NC(=O)CC[C@H]1NC(=O)[C@H](Cc2ccccc2)NC(=O)[C@@H](Cc2ccc(O)cc2)NC(=O)CCSSC[C@@H](C(=O)N2CCC[C@@H]2C(=O)N[C@@H](CCCN=C(N)N)C(=O)O)NC(=O)[C@H](CC(N)=O)NC1=O. The number of nitrogens with one attached hydrogen (secondary N) is 6. The third kappa shape index (κ3) is 18.4. The lowest BCUT2D eigenvalue weighted by Gasteiger charge is -2.30. The van der Waals surface area contributed by atoms with Gasteiger partial charge in [-0.25, -0.2) is 4.79 Å². The summed E-state index contributed by atoms with van der Waals surface area (Å²) in [5.41, 5.74) is 22.8. The number of aromatic hydroxyl groups is 1. The number of amides is 9. The number of phenolic OH excluding ortho intramolecular Hbond substituents is 1. The van der Waals surface area contributed by atoms with E-state index >= 15 is 0 Å². The molecule has 380 valence electrons. The molecular weight excluding hydrogens is 953 g/mol. The van der Waals surface area contributed by atoms with Gasteiger partial charge in [0.2, 0.25) is 53.2 Å². The van der Waals surface area contributed by atoms with Crippen LogP contribution in [0.5, 0.6) is 5.75 Å². The van der Waals surface area contributed by atoms with Crippen molar-refractivity contribution in [3.63, 3.8) is 0 Å². The quantitative estimate of drug-likeness (QED) is 0.0328. The van der Waals surface area contributed by atoms with Crippen LogP contribution in [0.1, 0.15) is 62.5 Å². The molecule has 2 fully saturated rings. The van der Waals surface area contributed by atoms with Crippen LogP contribution in [0, 0.1) is 0 Å². The van der Waals surface area contributed by atoms with Crippen LogP contribution in [-0.2, 0) is 60.8 Å². The number of aliphatic imine (C=N–C) groups is 1. The Morgan fingerprint density at radius 1 is 0.757 bits per heavy atom. The molecule has 2 aliphatic heterocycles. The molecule has 0 saturated carbocycles. The molecule has 16 N–H and O–H groups in total. The van der Waals surface area contributed by atoms with E-state index in [1.807, 2.05) is 0 Å². The first-order valence-electron chi connectivity index (χ1n) is 22.3. The fourth-order valence-corrected chi connectivity index (χ4v) is 9.62. The van der Waals surface area contributed by atoms with Crippen molar-refractivity contribution in [1.29, 1.82) is 0 Å². The minimum atomic E-state index is -1.76. The maximum Gasteiger partial charge on any atom is 0.326 e. The number of hydrogen-bond acceptors (Lipinski definition) is 14. The lowest BCUT2D eigenvalue weighted by Crippen LogP contribution is -2.61. The number of nitrogens with zero attached hydrogens (tertiary/aromatic N) is 2. The Morgan fingerprint density at radius 3 is 1.99 bits per heavy atom. The van der Waals surface area contributed by atoms with Gasteiger partial charge in [0.15, 0.2) is 5.96 Å². The second-order valence-corrected chi connectivity index (χ2v) is 19.1. The van der Waals surface area contributed by atoms with E-state index in [1.54, 1.807) is 42.5 Å². The van der Waals surface area contributed by atoms with Crippen LogP contribution >= 0.6 is 21.6 Å². The van der Waals surface area contributed by atoms with Gasteiger partial charge in [0.05, 0.1) is 6.42 Å². The Morgan fingerprint density at radius 2 is 1.36 bits per heavy atom. The van der Waals surface area contributed by atoms with Crippen LogP contribution < -0.4 is 54.8 Å². The van der Waals surface area contributed by atoms with Gasteiger partial charge in [-0.15, -0.1) is 0 Å². The first-order valence-corrected chi connectivity index (χ1v) is 24.8. The Labute approximate surface area is 410 Å². The molecule has 70 heavy (non-hydrogen) atoms. The van der Waals surface area contributed by atoms with E-state index in [2.05, 4.69) is 36.9 Å². The molecular formula is C44H60N12O12S2. The highest BCUT2D eigenvalue weighted by Crippen LogP contribution is 2.26. The highest BCUT2D eigenvalue weighted by Gasteiger charge is 2.40. The summed E-state index contributed by atoms with van der Waals surface area (Å²) in [6.07, 6.45) is -1.32. The second-order valence-electron chi connectivity index (χ2n) is 16.5. The van der Waals surface area contributed by atoms with E-state index in [0.717, 1.165) is 21.6 Å². The minimum Gasteiger partial charge on any atom is -0.508 e. The van der Waals surface area contributed by atoms with Crippen molar-refractivity contribution in [2.45, 2.75) is 107 Å². The van der Waals surface area contributed by atoms with Gasteiger partial charge in [-0.1, -0.05) is 64.1 Å². The molecule has 0 aromatic heterocycles. The third-order valence-electron chi connectivity index (χ3n) is 11.0. The van der Waals surface area contributed by atoms with E-state index in [0.29, 0.717) is 17.5 Å². The highest BCUT2D eigenvalue weighted by atomic mass is 33.1. The van der Waals surface area contributed by atoms with Crippen molar-refractivity contribution < 1.29 is 58.2 Å². The van der Waals surface area contributed by atoms with E-state index < -0.39 is 121 Å². The number of hydrogen-bond donors (Lipinski definition) is 12. The lowest BCUT2D eigenvalue weighted by molar-refractivity contribution is -0.145. The zero-order valence-electron chi connectivity index (χ0n) is 38.1. The van der Waals surface area contributed by atoms with E-state index in [-0.39, 0.29) is 74.8 Å². The standard InChI is InChI=1S/C44H60N12O12S2/c45-34(58)15-14-27-37(61)54-31(22-35(46)59)40(64)55-32(42(66)56-18-5-9-33(56)41(65)52-28(43(67)68)8-4-17-49-44(47)48)23-70-69-19-16-36(60)50-29(21-25-10-12-26(57)13-11-25)38(62)53-30(39(63)51-27)20-24-6-2-1-3-7-24/h1-3,6-7,10-13,27-33,57H,4-5,8-9,14-23H2,(H2,45,58)(H2,46,59)(H,50,60)(H,51,63)(H,52,65)(H,53,62)(H,54,61)(H,55,64)(H,67,68)(H4,47,48,49)/t27-,28+,29-,30+,31+,32+,33-/m1/s1. The molecule has 2 aromatic rings. The molecule has 9 amide bonds. The number of nitrogens with two attached hydrogens (primary N) is 4. The summed E-state index contributed by atoms with van der Waals surface area (Å²) in [4.78, 5) is 139. The number of likely N-dealkylation sites (tertiary alicyclic amines) is 1. The zero-order valence-corrected chi connectivity index (χ0v) is 39.8. The van der Waals surface area contributed by atoms with Crippen LogP contribution in [0.3, 0.4) is 0 Å². The predicted octanol–water partition coefficient (Wildman–Crippen LogP) is -2.86. The normalized spacial score (nSPS) is 22.4. The Balaban J connectivity index is 1.68. The topological polar surface area (TPSA) is 403 Å². The summed E-state index contributed by atoms with van der Waals surface area (Å²) in [5.74, 6) is -9.43. The third-order valence-corrected chi connectivity index (χ3v) is 13.5. The summed E-state index contributed by atoms with van der Waals surface area (Å²) >= 11 is 0. The maximum atomic E-state index is 14.4. The van der Waals surface area contributed by atoms with Crippen molar-refractivity contribution in [3.05, 3.63) is 65.7 Å². The Kier molecular flexibility index (Phi) is 22.0. The fraction of sp³-hybridized carbons (Fsp3) is 0.477. The summed E-state index contributed by atoms with van der Waals surface area (Å²) in [6.45, 7) is 0.141. The van der Waals surface area contributed by atoms with Gasteiger partial charge in [0, 0.05) is 50.3 Å². The molecule has 0 unspecified atom stereocenters. The van der Waals surface area contributed by atoms with Crippen molar-refractivity contribution in [2.75, 3.05) is 24.6 Å². The first kappa shape index (κ1) is 55.5. The van der Waals surface area contributed by atoms with Crippen LogP contribution in [0.25, 0.3) is 0 Å². The van der Waals surface area contributed by atoms with Gasteiger partial charge in [0.1, 0.15) is 48.0 Å². The van der Waals surface area contributed by atoms with E-state index in [1.165, 1.54) is 17.0 Å². The fourth-order valence-electron chi connectivity index (χ4n) is 7.47. The number of benzene rings is 2. The Bertz CT molecular complexity index is 2240. The van der Waals surface area contributed by atoms with E-state index in [4.69, 9.17) is 22.9 Å².